The van der Waals surface area contributed by atoms with E-state index in [1.807, 2.05) is 71.5 Å². The van der Waals surface area contributed by atoms with E-state index in [1.54, 1.807) is 13.3 Å². The van der Waals surface area contributed by atoms with Crippen molar-refractivity contribution < 1.29 is 4.74 Å². The quantitative estimate of drug-likeness (QED) is 0.286. The second-order valence-corrected chi connectivity index (χ2v) is 6.11. The van der Waals surface area contributed by atoms with Gasteiger partial charge in [-0.05, 0) is 24.4 Å². The molecule has 0 saturated heterocycles. The van der Waals surface area contributed by atoms with Crippen molar-refractivity contribution in [1.29, 1.82) is 0 Å². The number of aromatic nitrogens is 2. The summed E-state index contributed by atoms with van der Waals surface area (Å²) in [5, 5.41) is 12.4. The van der Waals surface area contributed by atoms with Gasteiger partial charge in [0.2, 0.25) is 0 Å². The highest BCUT2D eigenvalue weighted by molar-refractivity contribution is 7.80. The van der Waals surface area contributed by atoms with E-state index in [4.69, 9.17) is 22.1 Å². The monoisotopic (exact) mass is 379 g/mol. The maximum atomic E-state index is 5.18. The molecule has 3 rings (SSSR count). The summed E-state index contributed by atoms with van der Waals surface area (Å²) in [6, 6.07) is 20.0. The standard InChI is InChI=1S/C20H21N5OS/c1-26-13-12-21-20(27)23-22-14-17-15-25(18-10-6-3-7-11-18)24-19(17)16-8-4-2-5-9-16/h2-11,14-15H,12-13H2,1H3,(H2,21,23,27)/b22-14+. The van der Waals surface area contributed by atoms with Crippen LogP contribution in [-0.2, 0) is 4.74 Å². The van der Waals surface area contributed by atoms with Gasteiger partial charge in [-0.25, -0.2) is 4.68 Å². The summed E-state index contributed by atoms with van der Waals surface area (Å²) in [5.41, 5.74) is 6.56. The van der Waals surface area contributed by atoms with Gasteiger partial charge in [0.1, 0.15) is 5.69 Å². The summed E-state index contributed by atoms with van der Waals surface area (Å²) in [7, 11) is 1.64. The molecule has 27 heavy (non-hydrogen) atoms. The van der Waals surface area contributed by atoms with Gasteiger partial charge >= 0.3 is 0 Å². The summed E-state index contributed by atoms with van der Waals surface area (Å²) in [4.78, 5) is 0. The first-order valence-electron chi connectivity index (χ1n) is 8.54. The van der Waals surface area contributed by atoms with Gasteiger partial charge in [-0.2, -0.15) is 10.2 Å². The summed E-state index contributed by atoms with van der Waals surface area (Å²) < 4.78 is 6.82. The molecule has 0 amide bonds. The zero-order chi connectivity index (χ0) is 18.9. The smallest absolute Gasteiger partial charge is 0.187 e. The highest BCUT2D eigenvalue weighted by Crippen LogP contribution is 2.22. The maximum absolute atomic E-state index is 5.18. The predicted molar refractivity (Wildman–Crippen MR) is 112 cm³/mol. The minimum Gasteiger partial charge on any atom is -0.383 e. The molecule has 0 radical (unpaired) electrons. The molecule has 0 aliphatic carbocycles. The first kappa shape index (κ1) is 18.8. The number of hydrogen-bond acceptors (Lipinski definition) is 4. The largest absolute Gasteiger partial charge is 0.383 e. The number of ether oxygens (including phenoxy) is 1. The van der Waals surface area contributed by atoms with Crippen molar-refractivity contribution >= 4 is 23.5 Å². The number of para-hydroxylation sites is 1. The highest BCUT2D eigenvalue weighted by Gasteiger charge is 2.10. The molecule has 1 heterocycles. The number of benzene rings is 2. The molecule has 0 saturated carbocycles. The van der Waals surface area contributed by atoms with Crippen LogP contribution in [0.1, 0.15) is 5.56 Å². The summed E-state index contributed by atoms with van der Waals surface area (Å²) in [6.45, 7) is 1.20. The van der Waals surface area contributed by atoms with Crippen LogP contribution < -0.4 is 10.7 Å². The summed E-state index contributed by atoms with van der Waals surface area (Å²) in [6.07, 6.45) is 3.67. The molecule has 0 unspecified atom stereocenters. The van der Waals surface area contributed by atoms with Crippen molar-refractivity contribution in [1.82, 2.24) is 20.5 Å². The Morgan fingerprint density at radius 2 is 1.85 bits per heavy atom. The summed E-state index contributed by atoms with van der Waals surface area (Å²) in [5.74, 6) is 0. The third-order valence-corrected chi connectivity index (χ3v) is 4.01. The van der Waals surface area contributed by atoms with Gasteiger partial charge in [0, 0.05) is 31.0 Å². The van der Waals surface area contributed by atoms with Gasteiger partial charge in [-0.1, -0.05) is 48.5 Å². The average Bonchev–Trinajstić information content (AvgIpc) is 3.14. The first-order chi connectivity index (χ1) is 13.3. The molecule has 0 aliphatic rings. The molecular formula is C20H21N5OS. The van der Waals surface area contributed by atoms with Crippen molar-refractivity contribution in [2.24, 2.45) is 5.10 Å². The molecule has 0 spiro atoms. The Balaban J connectivity index is 1.81. The van der Waals surface area contributed by atoms with E-state index in [9.17, 15) is 0 Å². The Labute approximate surface area is 163 Å². The van der Waals surface area contributed by atoms with Crippen molar-refractivity contribution in [2.45, 2.75) is 0 Å². The Hall–Kier alpha value is -3.03. The lowest BCUT2D eigenvalue weighted by molar-refractivity contribution is 0.204. The van der Waals surface area contributed by atoms with Crippen molar-refractivity contribution in [2.75, 3.05) is 20.3 Å². The lowest BCUT2D eigenvalue weighted by atomic mass is 10.1. The molecule has 2 aromatic carbocycles. The Morgan fingerprint density at radius 1 is 1.15 bits per heavy atom. The number of hydrazone groups is 1. The van der Waals surface area contributed by atoms with E-state index < -0.39 is 0 Å². The van der Waals surface area contributed by atoms with Crippen LogP contribution in [0.2, 0.25) is 0 Å². The van der Waals surface area contributed by atoms with E-state index in [-0.39, 0.29) is 0 Å². The fourth-order valence-electron chi connectivity index (χ4n) is 2.48. The van der Waals surface area contributed by atoms with Crippen LogP contribution >= 0.6 is 12.2 Å². The number of nitrogens with one attached hydrogen (secondary N) is 2. The molecule has 0 bridgehead atoms. The van der Waals surface area contributed by atoms with Gasteiger partial charge in [-0.3, -0.25) is 5.43 Å². The molecule has 3 aromatic rings. The normalized spacial score (nSPS) is 10.9. The molecule has 6 nitrogen and oxygen atoms in total. The van der Waals surface area contributed by atoms with E-state index in [1.165, 1.54) is 0 Å². The number of nitrogens with zero attached hydrogens (tertiary/aromatic N) is 3. The fraction of sp³-hybridized carbons (Fsp3) is 0.150. The third kappa shape index (κ3) is 5.22. The predicted octanol–water partition coefficient (Wildman–Crippen LogP) is 2.98. The van der Waals surface area contributed by atoms with Gasteiger partial charge in [0.25, 0.3) is 0 Å². The van der Waals surface area contributed by atoms with Crippen molar-refractivity contribution in [3.8, 4) is 16.9 Å². The Morgan fingerprint density at radius 3 is 2.56 bits per heavy atom. The number of methoxy groups -OCH3 is 1. The van der Waals surface area contributed by atoms with E-state index in [0.29, 0.717) is 18.3 Å². The number of hydrogen-bond donors (Lipinski definition) is 2. The lowest BCUT2D eigenvalue weighted by Crippen LogP contribution is -2.34. The van der Waals surface area contributed by atoms with Crippen molar-refractivity contribution in [3.05, 3.63) is 72.4 Å². The van der Waals surface area contributed by atoms with Gasteiger partial charge < -0.3 is 10.1 Å². The third-order valence-electron chi connectivity index (χ3n) is 3.77. The SMILES string of the molecule is COCCNC(=S)N/N=C/c1cn(-c2ccccc2)nc1-c1ccccc1. The van der Waals surface area contributed by atoms with Crippen LogP contribution in [0.25, 0.3) is 16.9 Å². The molecule has 138 valence electrons. The van der Waals surface area contributed by atoms with Gasteiger partial charge in [0.15, 0.2) is 5.11 Å². The molecule has 2 N–H and O–H groups in total. The van der Waals surface area contributed by atoms with Crippen LogP contribution in [0.5, 0.6) is 0 Å². The second-order valence-electron chi connectivity index (χ2n) is 5.70. The van der Waals surface area contributed by atoms with E-state index >= 15 is 0 Å². The Bertz CT molecular complexity index is 893. The minimum absolute atomic E-state index is 0.444. The molecule has 0 aliphatic heterocycles. The average molecular weight is 379 g/mol. The Kier molecular flexibility index (Phi) is 6.67. The molecule has 0 atom stereocenters. The topological polar surface area (TPSA) is 63.5 Å². The van der Waals surface area contributed by atoms with E-state index in [0.717, 1.165) is 22.5 Å². The zero-order valence-corrected chi connectivity index (χ0v) is 15.8. The molecular weight excluding hydrogens is 358 g/mol. The maximum Gasteiger partial charge on any atom is 0.187 e. The minimum atomic E-state index is 0.444. The first-order valence-corrected chi connectivity index (χ1v) is 8.95. The van der Waals surface area contributed by atoms with Crippen LogP contribution in [0, 0.1) is 0 Å². The van der Waals surface area contributed by atoms with Crippen molar-refractivity contribution in [3.63, 3.8) is 0 Å². The molecule has 7 heteroatoms. The number of thiocarbonyl (C=S) groups is 1. The van der Waals surface area contributed by atoms with Crippen LogP contribution in [-0.4, -0.2) is 41.4 Å². The van der Waals surface area contributed by atoms with E-state index in [2.05, 4.69) is 15.8 Å². The van der Waals surface area contributed by atoms with Crippen LogP contribution in [0.15, 0.2) is 72.0 Å². The fourth-order valence-corrected chi connectivity index (χ4v) is 2.64. The lowest BCUT2D eigenvalue weighted by Gasteiger charge is -2.05. The van der Waals surface area contributed by atoms with Gasteiger partial charge in [-0.15, -0.1) is 0 Å². The van der Waals surface area contributed by atoms with Crippen LogP contribution in [0.4, 0.5) is 0 Å². The van der Waals surface area contributed by atoms with Crippen LogP contribution in [0.3, 0.4) is 0 Å². The molecule has 0 fully saturated rings. The highest BCUT2D eigenvalue weighted by atomic mass is 32.1. The molecule has 1 aromatic heterocycles. The van der Waals surface area contributed by atoms with Gasteiger partial charge in [0.05, 0.1) is 18.5 Å². The zero-order valence-electron chi connectivity index (χ0n) is 15.0. The second kappa shape index (κ2) is 9.61. The number of rotatable bonds is 7. The summed E-state index contributed by atoms with van der Waals surface area (Å²) >= 11 is 5.18.